The van der Waals surface area contributed by atoms with Gasteiger partial charge in [-0.05, 0) is 62.7 Å². The van der Waals surface area contributed by atoms with Crippen LogP contribution in [0.2, 0.25) is 0 Å². The van der Waals surface area contributed by atoms with Crippen molar-refractivity contribution in [2.45, 2.75) is 38.1 Å². The van der Waals surface area contributed by atoms with E-state index in [2.05, 4.69) is 4.90 Å². The van der Waals surface area contributed by atoms with Crippen LogP contribution >= 0.6 is 0 Å². The Morgan fingerprint density at radius 2 is 1.58 bits per heavy atom. The van der Waals surface area contributed by atoms with Crippen molar-refractivity contribution in [3.8, 4) is 5.75 Å². The van der Waals surface area contributed by atoms with E-state index in [1.54, 1.807) is 35.7 Å². The Bertz CT molecular complexity index is 934. The molecule has 31 heavy (non-hydrogen) atoms. The molecule has 3 saturated heterocycles. The fraction of sp³-hybridized carbons (Fsp3) is 0.636. The third-order valence-corrected chi connectivity index (χ3v) is 8.39. The quantitative estimate of drug-likeness (QED) is 0.636. The Hall–Kier alpha value is -1.97. The van der Waals surface area contributed by atoms with Crippen molar-refractivity contribution in [3.05, 3.63) is 24.3 Å². The van der Waals surface area contributed by atoms with E-state index in [9.17, 15) is 18.0 Å². The maximum Gasteiger partial charge on any atom is 0.251 e. The van der Waals surface area contributed by atoms with Crippen LogP contribution in [0, 0.1) is 11.8 Å². The second kappa shape index (κ2) is 8.88. The van der Waals surface area contributed by atoms with E-state index in [0.717, 1.165) is 38.8 Å². The number of hydrogen-bond acceptors (Lipinski definition) is 6. The number of benzene rings is 1. The standard InChI is InChI=1S/C22H31N3O5S/c1-30-19-5-3-4-18(14-19)25-21(26)15-20(22(25)27)23-10-6-16(7-11-23)17-8-12-24(13-9-17)31(2,28)29/h3-5,14,16-17,20H,6-13,15H2,1-2H3. The molecule has 1 aromatic rings. The van der Waals surface area contributed by atoms with Gasteiger partial charge in [-0.15, -0.1) is 0 Å². The van der Waals surface area contributed by atoms with Gasteiger partial charge in [0, 0.05) is 19.2 Å². The van der Waals surface area contributed by atoms with Crippen LogP contribution in [-0.4, -0.2) is 75.0 Å². The molecular weight excluding hydrogens is 418 g/mol. The van der Waals surface area contributed by atoms with Gasteiger partial charge in [0.05, 0.1) is 31.5 Å². The molecule has 0 saturated carbocycles. The van der Waals surface area contributed by atoms with Crippen LogP contribution in [0.1, 0.15) is 32.1 Å². The summed E-state index contributed by atoms with van der Waals surface area (Å²) in [6.07, 6.45) is 5.28. The second-order valence-electron chi connectivity index (χ2n) is 8.86. The van der Waals surface area contributed by atoms with Gasteiger partial charge in [0.15, 0.2) is 0 Å². The van der Waals surface area contributed by atoms with Crippen LogP contribution in [0.5, 0.6) is 5.75 Å². The molecule has 1 aromatic carbocycles. The summed E-state index contributed by atoms with van der Waals surface area (Å²) >= 11 is 0. The first-order valence-corrected chi connectivity index (χ1v) is 12.8. The zero-order valence-corrected chi connectivity index (χ0v) is 19.0. The molecule has 0 N–H and O–H groups in total. The fourth-order valence-electron chi connectivity index (χ4n) is 5.30. The maximum atomic E-state index is 13.1. The molecule has 1 unspecified atom stereocenters. The zero-order chi connectivity index (χ0) is 22.2. The monoisotopic (exact) mass is 449 g/mol. The molecule has 3 heterocycles. The summed E-state index contributed by atoms with van der Waals surface area (Å²) in [4.78, 5) is 29.2. The first-order chi connectivity index (χ1) is 14.8. The van der Waals surface area contributed by atoms with Crippen molar-refractivity contribution < 1.29 is 22.7 Å². The molecular formula is C22H31N3O5S. The number of amides is 2. The summed E-state index contributed by atoms with van der Waals surface area (Å²) in [5.74, 6) is 1.38. The van der Waals surface area contributed by atoms with Gasteiger partial charge in [-0.2, -0.15) is 0 Å². The molecule has 0 bridgehead atoms. The van der Waals surface area contributed by atoms with E-state index in [0.29, 0.717) is 36.4 Å². The number of imide groups is 1. The number of hydrogen-bond donors (Lipinski definition) is 0. The summed E-state index contributed by atoms with van der Waals surface area (Å²) in [5.41, 5.74) is 0.560. The number of anilines is 1. The number of piperidine rings is 2. The molecule has 9 heteroatoms. The van der Waals surface area contributed by atoms with Gasteiger partial charge in [0.2, 0.25) is 15.9 Å². The molecule has 1 atom stereocenters. The summed E-state index contributed by atoms with van der Waals surface area (Å²) in [6, 6.07) is 6.65. The predicted octanol–water partition coefficient (Wildman–Crippen LogP) is 1.71. The van der Waals surface area contributed by atoms with Gasteiger partial charge >= 0.3 is 0 Å². The highest BCUT2D eigenvalue weighted by Gasteiger charge is 2.44. The minimum absolute atomic E-state index is 0.154. The number of methoxy groups -OCH3 is 1. The lowest BCUT2D eigenvalue weighted by Crippen LogP contribution is -2.47. The largest absolute Gasteiger partial charge is 0.497 e. The summed E-state index contributed by atoms with van der Waals surface area (Å²) in [5, 5.41) is 0. The Morgan fingerprint density at radius 1 is 0.968 bits per heavy atom. The number of carbonyl (C=O) groups is 2. The summed E-state index contributed by atoms with van der Waals surface area (Å²) < 4.78 is 30.3. The van der Waals surface area contributed by atoms with Crippen molar-refractivity contribution >= 4 is 27.5 Å². The second-order valence-corrected chi connectivity index (χ2v) is 10.8. The van der Waals surface area contributed by atoms with Gasteiger partial charge < -0.3 is 4.74 Å². The molecule has 0 spiro atoms. The number of ether oxygens (including phenoxy) is 1. The smallest absolute Gasteiger partial charge is 0.251 e. The summed E-state index contributed by atoms with van der Waals surface area (Å²) in [6.45, 7) is 2.81. The van der Waals surface area contributed by atoms with Crippen molar-refractivity contribution in [1.29, 1.82) is 0 Å². The highest BCUT2D eigenvalue weighted by Crippen LogP contribution is 2.35. The molecule has 0 aromatic heterocycles. The minimum atomic E-state index is -3.10. The van der Waals surface area contributed by atoms with E-state index in [1.807, 2.05) is 0 Å². The van der Waals surface area contributed by atoms with E-state index in [1.165, 1.54) is 11.2 Å². The number of rotatable bonds is 5. The molecule has 0 aliphatic carbocycles. The van der Waals surface area contributed by atoms with Crippen LogP contribution in [0.15, 0.2) is 24.3 Å². The minimum Gasteiger partial charge on any atom is -0.497 e. The molecule has 170 valence electrons. The van der Waals surface area contributed by atoms with Gasteiger partial charge in [0.25, 0.3) is 5.91 Å². The van der Waals surface area contributed by atoms with E-state index in [-0.39, 0.29) is 18.2 Å². The normalized spacial score (nSPS) is 25.4. The lowest BCUT2D eigenvalue weighted by atomic mass is 9.79. The Labute approximate surface area is 184 Å². The van der Waals surface area contributed by atoms with Crippen molar-refractivity contribution in [2.24, 2.45) is 11.8 Å². The van der Waals surface area contributed by atoms with Gasteiger partial charge in [-0.3, -0.25) is 14.5 Å². The van der Waals surface area contributed by atoms with E-state index in [4.69, 9.17) is 4.74 Å². The van der Waals surface area contributed by atoms with Gasteiger partial charge in [-0.25, -0.2) is 17.6 Å². The Kier molecular flexibility index (Phi) is 6.37. The molecule has 2 amide bonds. The van der Waals surface area contributed by atoms with Gasteiger partial charge in [-0.1, -0.05) is 6.07 Å². The maximum absolute atomic E-state index is 13.1. The van der Waals surface area contributed by atoms with Crippen molar-refractivity contribution in [1.82, 2.24) is 9.21 Å². The average Bonchev–Trinajstić information content (AvgIpc) is 3.07. The molecule has 3 aliphatic heterocycles. The third-order valence-electron chi connectivity index (χ3n) is 7.08. The Morgan fingerprint density at radius 3 is 2.16 bits per heavy atom. The zero-order valence-electron chi connectivity index (χ0n) is 18.2. The number of sulfonamides is 1. The molecule has 4 rings (SSSR count). The van der Waals surface area contributed by atoms with Crippen LogP contribution in [0.3, 0.4) is 0 Å². The van der Waals surface area contributed by atoms with Crippen molar-refractivity contribution in [3.63, 3.8) is 0 Å². The molecule has 8 nitrogen and oxygen atoms in total. The molecule has 3 aliphatic rings. The topological polar surface area (TPSA) is 87.2 Å². The van der Waals surface area contributed by atoms with E-state index < -0.39 is 16.1 Å². The molecule has 3 fully saturated rings. The fourth-order valence-corrected chi connectivity index (χ4v) is 6.18. The third kappa shape index (κ3) is 4.63. The highest BCUT2D eigenvalue weighted by atomic mass is 32.2. The Balaban J connectivity index is 1.34. The first kappa shape index (κ1) is 22.2. The van der Waals surface area contributed by atoms with Crippen LogP contribution in [-0.2, 0) is 19.6 Å². The lowest BCUT2D eigenvalue weighted by molar-refractivity contribution is -0.123. The predicted molar refractivity (Wildman–Crippen MR) is 117 cm³/mol. The summed E-state index contributed by atoms with van der Waals surface area (Å²) in [7, 11) is -1.54. The molecule has 0 radical (unpaired) electrons. The SMILES string of the molecule is COc1cccc(N2C(=O)CC(N3CCC(C4CCN(S(C)(=O)=O)CC4)CC3)C2=O)c1. The highest BCUT2D eigenvalue weighted by molar-refractivity contribution is 7.88. The number of likely N-dealkylation sites (tertiary alicyclic amines) is 1. The van der Waals surface area contributed by atoms with Crippen molar-refractivity contribution in [2.75, 3.05) is 44.4 Å². The number of nitrogens with zero attached hydrogens (tertiary/aromatic N) is 3. The first-order valence-electron chi connectivity index (χ1n) is 11.0. The lowest BCUT2D eigenvalue weighted by Gasteiger charge is -2.40. The van der Waals surface area contributed by atoms with Crippen LogP contribution < -0.4 is 9.64 Å². The average molecular weight is 450 g/mol. The number of carbonyl (C=O) groups excluding carboxylic acids is 2. The van der Waals surface area contributed by atoms with E-state index >= 15 is 0 Å². The van der Waals surface area contributed by atoms with Crippen LogP contribution in [0.25, 0.3) is 0 Å². The van der Waals surface area contributed by atoms with Crippen LogP contribution in [0.4, 0.5) is 5.69 Å². The van der Waals surface area contributed by atoms with Gasteiger partial charge in [0.1, 0.15) is 5.75 Å².